The summed E-state index contributed by atoms with van der Waals surface area (Å²) in [6, 6.07) is 1.81. The molecule has 0 aliphatic rings. The highest BCUT2D eigenvalue weighted by atomic mass is 32.2. The number of carbonyl (C=O) groups is 1. The van der Waals surface area contributed by atoms with E-state index in [0.717, 1.165) is 5.69 Å². The number of aromatic nitrogens is 4. The van der Waals surface area contributed by atoms with Crippen LogP contribution >= 0.6 is 11.8 Å². The molecule has 2 N–H and O–H groups in total. The van der Waals surface area contributed by atoms with Gasteiger partial charge < -0.3 is 10.6 Å². The van der Waals surface area contributed by atoms with Crippen LogP contribution in [0.5, 0.6) is 0 Å². The van der Waals surface area contributed by atoms with Crippen molar-refractivity contribution in [3.63, 3.8) is 0 Å². The second-order valence-electron chi connectivity index (χ2n) is 4.29. The van der Waals surface area contributed by atoms with Crippen LogP contribution in [-0.4, -0.2) is 49.2 Å². The average Bonchev–Trinajstić information content (AvgIpc) is 2.81. The van der Waals surface area contributed by atoms with Crippen molar-refractivity contribution in [2.75, 3.05) is 24.6 Å². The van der Waals surface area contributed by atoms with E-state index < -0.39 is 0 Å². The van der Waals surface area contributed by atoms with E-state index in [-0.39, 0.29) is 5.91 Å². The number of hydrogen-bond donors (Lipinski definition) is 1. The molecule has 0 aliphatic heterocycles. The van der Waals surface area contributed by atoms with E-state index in [9.17, 15) is 4.79 Å². The number of thioether (sulfide) groups is 1. The van der Waals surface area contributed by atoms with Gasteiger partial charge in [-0.05, 0) is 20.8 Å². The van der Waals surface area contributed by atoms with Gasteiger partial charge in [0.15, 0.2) is 10.8 Å². The Kier molecular flexibility index (Phi) is 4.43. The standard InChI is InChI=1S/C12H18N6OS/c1-4-17(5-2)10(19)7-20-12-16-15-9-6-8(3)14-11(13)18(9)12/h6H,4-5,7H2,1-3H3,(H2,13,14). The normalized spacial score (nSPS) is 10.9. The van der Waals surface area contributed by atoms with Gasteiger partial charge in [0.25, 0.3) is 0 Å². The molecule has 0 saturated carbocycles. The second kappa shape index (κ2) is 6.08. The number of amides is 1. The van der Waals surface area contributed by atoms with Crippen LogP contribution in [0.3, 0.4) is 0 Å². The van der Waals surface area contributed by atoms with Gasteiger partial charge in [-0.1, -0.05) is 11.8 Å². The number of anilines is 1. The lowest BCUT2D eigenvalue weighted by atomic mass is 10.4. The van der Waals surface area contributed by atoms with Gasteiger partial charge >= 0.3 is 0 Å². The summed E-state index contributed by atoms with van der Waals surface area (Å²) in [6.45, 7) is 7.19. The molecule has 0 radical (unpaired) electrons. The molecule has 0 saturated heterocycles. The van der Waals surface area contributed by atoms with Crippen molar-refractivity contribution in [1.82, 2.24) is 24.5 Å². The SMILES string of the molecule is CCN(CC)C(=O)CSc1nnc2cc(C)nc(N)n12. The van der Waals surface area contributed by atoms with E-state index in [1.807, 2.05) is 20.8 Å². The first-order valence-electron chi connectivity index (χ1n) is 6.45. The first kappa shape index (κ1) is 14.6. The van der Waals surface area contributed by atoms with E-state index in [1.54, 1.807) is 15.4 Å². The minimum atomic E-state index is 0.0791. The Hall–Kier alpha value is -1.83. The summed E-state index contributed by atoms with van der Waals surface area (Å²) in [5.41, 5.74) is 7.32. The van der Waals surface area contributed by atoms with Crippen LogP contribution in [-0.2, 0) is 4.79 Å². The van der Waals surface area contributed by atoms with E-state index in [4.69, 9.17) is 5.73 Å². The van der Waals surface area contributed by atoms with Crippen molar-refractivity contribution in [3.05, 3.63) is 11.8 Å². The minimum absolute atomic E-state index is 0.0791. The molecule has 2 rings (SSSR count). The van der Waals surface area contributed by atoms with Crippen molar-refractivity contribution in [2.45, 2.75) is 25.9 Å². The fourth-order valence-corrected chi connectivity index (χ4v) is 2.78. The Morgan fingerprint density at radius 2 is 2.10 bits per heavy atom. The topological polar surface area (TPSA) is 89.4 Å². The highest BCUT2D eigenvalue weighted by Gasteiger charge is 2.14. The van der Waals surface area contributed by atoms with Gasteiger partial charge in [-0.3, -0.25) is 4.79 Å². The predicted molar refractivity (Wildman–Crippen MR) is 78.6 cm³/mol. The molecule has 8 heteroatoms. The van der Waals surface area contributed by atoms with Crippen molar-refractivity contribution < 1.29 is 4.79 Å². The van der Waals surface area contributed by atoms with Crippen molar-refractivity contribution in [1.29, 1.82) is 0 Å². The highest BCUT2D eigenvalue weighted by Crippen LogP contribution is 2.20. The molecule has 0 atom stereocenters. The maximum Gasteiger partial charge on any atom is 0.233 e. The van der Waals surface area contributed by atoms with Gasteiger partial charge in [-0.2, -0.15) is 0 Å². The van der Waals surface area contributed by atoms with Crippen LogP contribution in [0.25, 0.3) is 5.65 Å². The lowest BCUT2D eigenvalue weighted by Gasteiger charge is -2.17. The number of carbonyl (C=O) groups excluding carboxylic acids is 1. The summed E-state index contributed by atoms with van der Waals surface area (Å²) in [4.78, 5) is 17.9. The highest BCUT2D eigenvalue weighted by molar-refractivity contribution is 7.99. The van der Waals surface area contributed by atoms with Crippen LogP contribution in [0, 0.1) is 6.92 Å². The molecular weight excluding hydrogens is 276 g/mol. The molecule has 7 nitrogen and oxygen atoms in total. The fraction of sp³-hybridized carbons (Fsp3) is 0.500. The molecule has 0 bridgehead atoms. The minimum Gasteiger partial charge on any atom is -0.369 e. The summed E-state index contributed by atoms with van der Waals surface area (Å²) in [6.07, 6.45) is 0. The average molecular weight is 294 g/mol. The smallest absolute Gasteiger partial charge is 0.233 e. The quantitative estimate of drug-likeness (QED) is 0.827. The number of nitrogens with zero attached hydrogens (tertiary/aromatic N) is 5. The summed E-state index contributed by atoms with van der Waals surface area (Å²) in [5, 5.41) is 8.70. The molecule has 0 aromatic carbocycles. The molecule has 20 heavy (non-hydrogen) atoms. The molecule has 2 aromatic rings. The molecule has 0 unspecified atom stereocenters. The van der Waals surface area contributed by atoms with Crippen LogP contribution in [0.15, 0.2) is 11.2 Å². The molecule has 1 amide bonds. The molecule has 0 spiro atoms. The van der Waals surface area contributed by atoms with Crippen LogP contribution in [0.2, 0.25) is 0 Å². The number of nitrogens with two attached hydrogens (primary N) is 1. The van der Waals surface area contributed by atoms with Gasteiger partial charge in [0.1, 0.15) is 0 Å². The molecule has 108 valence electrons. The van der Waals surface area contributed by atoms with E-state index >= 15 is 0 Å². The Balaban J connectivity index is 2.17. The van der Waals surface area contributed by atoms with Crippen LogP contribution < -0.4 is 5.73 Å². The summed E-state index contributed by atoms with van der Waals surface area (Å²) in [7, 11) is 0. The lowest BCUT2D eigenvalue weighted by molar-refractivity contribution is -0.127. The van der Waals surface area contributed by atoms with E-state index in [0.29, 0.717) is 35.6 Å². The number of aryl methyl sites for hydroxylation is 1. The predicted octanol–water partition coefficient (Wildman–Crippen LogP) is 0.975. The third kappa shape index (κ3) is 2.84. The van der Waals surface area contributed by atoms with Crippen molar-refractivity contribution in [3.8, 4) is 0 Å². The third-order valence-corrected chi connectivity index (χ3v) is 3.87. The maximum atomic E-state index is 12.0. The number of hydrogen-bond acceptors (Lipinski definition) is 6. The molecule has 0 fully saturated rings. The Bertz CT molecular complexity index is 622. The molecule has 2 heterocycles. The number of rotatable bonds is 5. The summed E-state index contributed by atoms with van der Waals surface area (Å²) in [5.74, 6) is 0.730. The van der Waals surface area contributed by atoms with Gasteiger partial charge in [0.2, 0.25) is 11.9 Å². The second-order valence-corrected chi connectivity index (χ2v) is 5.23. The summed E-state index contributed by atoms with van der Waals surface area (Å²) < 4.78 is 1.66. The van der Waals surface area contributed by atoms with E-state index in [1.165, 1.54) is 11.8 Å². The fourth-order valence-electron chi connectivity index (χ4n) is 1.93. The van der Waals surface area contributed by atoms with Gasteiger partial charge in [-0.15, -0.1) is 10.2 Å². The van der Waals surface area contributed by atoms with E-state index in [2.05, 4.69) is 15.2 Å². The number of nitrogen functional groups attached to an aromatic ring is 1. The van der Waals surface area contributed by atoms with Crippen molar-refractivity contribution >= 4 is 29.3 Å². The largest absolute Gasteiger partial charge is 0.369 e. The first-order valence-corrected chi connectivity index (χ1v) is 7.44. The lowest BCUT2D eigenvalue weighted by Crippen LogP contribution is -2.31. The zero-order valence-corrected chi connectivity index (χ0v) is 12.6. The van der Waals surface area contributed by atoms with Gasteiger partial charge in [0.05, 0.1) is 5.75 Å². The molecular formula is C12H18N6OS. The number of fused-ring (bicyclic) bond motifs is 1. The molecule has 0 aliphatic carbocycles. The Morgan fingerprint density at radius 3 is 2.75 bits per heavy atom. The first-order chi connectivity index (χ1) is 9.56. The third-order valence-electron chi connectivity index (χ3n) is 2.96. The monoisotopic (exact) mass is 294 g/mol. The van der Waals surface area contributed by atoms with Gasteiger partial charge in [0, 0.05) is 24.8 Å². The zero-order chi connectivity index (χ0) is 14.7. The van der Waals surface area contributed by atoms with Gasteiger partial charge in [-0.25, -0.2) is 9.38 Å². The van der Waals surface area contributed by atoms with Crippen LogP contribution in [0.1, 0.15) is 19.5 Å². The summed E-state index contributed by atoms with van der Waals surface area (Å²) >= 11 is 1.32. The Labute approximate surface area is 121 Å². The zero-order valence-electron chi connectivity index (χ0n) is 11.8. The molecule has 2 aromatic heterocycles. The Morgan fingerprint density at radius 1 is 1.40 bits per heavy atom. The van der Waals surface area contributed by atoms with Crippen LogP contribution in [0.4, 0.5) is 5.95 Å². The van der Waals surface area contributed by atoms with Crippen molar-refractivity contribution in [2.24, 2.45) is 0 Å². The maximum absolute atomic E-state index is 12.0.